The first kappa shape index (κ1) is 17.0. The van der Waals surface area contributed by atoms with E-state index in [-0.39, 0.29) is 17.7 Å². The van der Waals surface area contributed by atoms with Crippen molar-refractivity contribution in [1.82, 2.24) is 9.80 Å². The van der Waals surface area contributed by atoms with Gasteiger partial charge in [0.25, 0.3) is 5.91 Å². The van der Waals surface area contributed by atoms with E-state index < -0.39 is 5.60 Å². The highest BCUT2D eigenvalue weighted by Crippen LogP contribution is 2.48. The molecule has 2 fully saturated rings. The molecule has 27 heavy (non-hydrogen) atoms. The van der Waals surface area contributed by atoms with Crippen LogP contribution in [0.4, 0.5) is 0 Å². The molecule has 0 aromatic rings. The van der Waals surface area contributed by atoms with E-state index >= 15 is 0 Å². The van der Waals surface area contributed by atoms with Crippen LogP contribution in [0.15, 0.2) is 47.9 Å². The Balaban J connectivity index is 1.48. The molecule has 1 saturated heterocycles. The number of carbonyl (C=O) groups is 2. The lowest BCUT2D eigenvalue weighted by molar-refractivity contribution is -0.145. The van der Waals surface area contributed by atoms with Gasteiger partial charge in [-0.25, -0.2) is 0 Å². The molecule has 3 heterocycles. The van der Waals surface area contributed by atoms with Gasteiger partial charge in [0.15, 0.2) is 5.60 Å². The lowest BCUT2D eigenvalue weighted by Crippen LogP contribution is -2.45. The summed E-state index contributed by atoms with van der Waals surface area (Å²) >= 11 is 0. The van der Waals surface area contributed by atoms with Gasteiger partial charge in [0.05, 0.1) is 12.5 Å². The van der Waals surface area contributed by atoms with Crippen LogP contribution in [0.3, 0.4) is 0 Å². The summed E-state index contributed by atoms with van der Waals surface area (Å²) in [6.07, 6.45) is 17.8. The standard InChI is InChI=1S/C22H26N2O3/c25-20(23-11-3-1-4-12-23)17-8-9-19-18(14-17)22(10-2-5-13-27-22)21(26)24(19)15-16-6-7-16/h2-3,5,9,11,14,16-17H,1,4,6-8,10,12-13,15H2. The summed E-state index contributed by atoms with van der Waals surface area (Å²) in [5.41, 5.74) is 0.982. The second-order valence-electron chi connectivity index (χ2n) is 8.24. The molecule has 0 bridgehead atoms. The van der Waals surface area contributed by atoms with Crippen LogP contribution in [0.2, 0.25) is 0 Å². The van der Waals surface area contributed by atoms with Crippen molar-refractivity contribution in [2.45, 2.75) is 44.1 Å². The van der Waals surface area contributed by atoms with Gasteiger partial charge in [-0.3, -0.25) is 9.59 Å². The van der Waals surface area contributed by atoms with Crippen molar-refractivity contribution < 1.29 is 14.3 Å². The van der Waals surface area contributed by atoms with Crippen LogP contribution in [-0.2, 0) is 14.3 Å². The minimum atomic E-state index is -0.924. The number of ether oxygens (including phenoxy) is 1. The second-order valence-corrected chi connectivity index (χ2v) is 8.24. The van der Waals surface area contributed by atoms with E-state index in [0.29, 0.717) is 25.4 Å². The molecular weight excluding hydrogens is 340 g/mol. The number of carbonyl (C=O) groups excluding carboxylic acids is 2. The summed E-state index contributed by atoms with van der Waals surface area (Å²) in [6, 6.07) is 0. The second kappa shape index (κ2) is 6.48. The summed E-state index contributed by atoms with van der Waals surface area (Å²) < 4.78 is 6.09. The van der Waals surface area contributed by atoms with Gasteiger partial charge in [-0.2, -0.15) is 0 Å². The van der Waals surface area contributed by atoms with E-state index in [1.54, 1.807) is 0 Å². The fraction of sp³-hybridized carbons (Fsp3) is 0.545. The Morgan fingerprint density at radius 1 is 1.26 bits per heavy atom. The summed E-state index contributed by atoms with van der Waals surface area (Å²) in [7, 11) is 0. The average molecular weight is 366 g/mol. The van der Waals surface area contributed by atoms with Gasteiger partial charge in [0, 0.05) is 37.0 Å². The largest absolute Gasteiger partial charge is 0.356 e. The van der Waals surface area contributed by atoms with Crippen LogP contribution in [0, 0.1) is 11.8 Å². The number of hydrogen-bond donors (Lipinski definition) is 0. The minimum Gasteiger partial charge on any atom is -0.356 e. The van der Waals surface area contributed by atoms with E-state index in [2.05, 4.69) is 12.2 Å². The fourth-order valence-corrected chi connectivity index (χ4v) is 4.61. The third-order valence-corrected chi connectivity index (χ3v) is 6.32. The van der Waals surface area contributed by atoms with Crippen molar-refractivity contribution in [3.63, 3.8) is 0 Å². The Morgan fingerprint density at radius 2 is 2.15 bits per heavy atom. The van der Waals surface area contributed by atoms with Gasteiger partial charge in [-0.1, -0.05) is 30.4 Å². The van der Waals surface area contributed by atoms with Gasteiger partial charge in [-0.05, 0) is 38.0 Å². The molecule has 0 aromatic heterocycles. The smallest absolute Gasteiger partial charge is 0.264 e. The molecule has 2 amide bonds. The monoisotopic (exact) mass is 366 g/mol. The zero-order valence-corrected chi connectivity index (χ0v) is 15.6. The highest BCUT2D eigenvalue weighted by atomic mass is 16.5. The van der Waals surface area contributed by atoms with Crippen LogP contribution in [-0.4, -0.2) is 46.9 Å². The number of nitrogens with zero attached hydrogens (tertiary/aromatic N) is 2. The summed E-state index contributed by atoms with van der Waals surface area (Å²) in [4.78, 5) is 30.1. The van der Waals surface area contributed by atoms with Gasteiger partial charge in [0.2, 0.25) is 5.91 Å². The van der Waals surface area contributed by atoms with E-state index in [9.17, 15) is 9.59 Å². The van der Waals surface area contributed by atoms with Crippen molar-refractivity contribution in [1.29, 1.82) is 0 Å². The molecule has 1 saturated carbocycles. The number of hydrogen-bond acceptors (Lipinski definition) is 3. The average Bonchev–Trinajstić information content (AvgIpc) is 3.53. The van der Waals surface area contributed by atoms with Crippen LogP contribution in [0.1, 0.15) is 38.5 Å². The predicted octanol–water partition coefficient (Wildman–Crippen LogP) is 2.92. The summed E-state index contributed by atoms with van der Waals surface area (Å²) in [5, 5.41) is 0. The van der Waals surface area contributed by atoms with Crippen LogP contribution >= 0.6 is 0 Å². The Morgan fingerprint density at radius 3 is 2.85 bits per heavy atom. The Hall–Kier alpha value is -2.14. The van der Waals surface area contributed by atoms with Crippen molar-refractivity contribution in [2.75, 3.05) is 19.7 Å². The highest BCUT2D eigenvalue weighted by molar-refractivity contribution is 5.98. The van der Waals surface area contributed by atoms with E-state index in [4.69, 9.17) is 4.74 Å². The molecular formula is C22H26N2O3. The SMILES string of the molecule is O=C(C1C=C2C(=CC1)N(CC1CC1)C(=O)C21CC=CCO1)N1C=CCCC1. The fourth-order valence-electron chi connectivity index (χ4n) is 4.61. The molecule has 5 rings (SSSR count). The molecule has 0 aromatic carbocycles. The first-order valence-corrected chi connectivity index (χ1v) is 10.2. The first-order chi connectivity index (χ1) is 13.2. The Bertz CT molecular complexity index is 789. The number of allylic oxidation sites excluding steroid dienone is 2. The van der Waals surface area contributed by atoms with Crippen molar-refractivity contribution in [3.05, 3.63) is 47.9 Å². The molecule has 2 atom stereocenters. The summed E-state index contributed by atoms with van der Waals surface area (Å²) in [6.45, 7) is 2.01. The third kappa shape index (κ3) is 2.80. The number of likely N-dealkylation sites (tertiary alicyclic amines) is 1. The van der Waals surface area contributed by atoms with Crippen LogP contribution < -0.4 is 0 Å². The molecule has 5 aliphatic rings. The lowest BCUT2D eigenvalue weighted by Gasteiger charge is -2.32. The van der Waals surface area contributed by atoms with Crippen molar-refractivity contribution in [3.8, 4) is 0 Å². The van der Waals surface area contributed by atoms with Gasteiger partial charge < -0.3 is 14.5 Å². The quantitative estimate of drug-likeness (QED) is 0.722. The maximum Gasteiger partial charge on any atom is 0.264 e. The summed E-state index contributed by atoms with van der Waals surface area (Å²) in [5.74, 6) is 0.584. The van der Waals surface area contributed by atoms with Gasteiger partial charge >= 0.3 is 0 Å². The van der Waals surface area contributed by atoms with E-state index in [0.717, 1.165) is 37.2 Å². The molecule has 3 aliphatic heterocycles. The molecule has 0 N–H and O–H groups in total. The molecule has 2 aliphatic carbocycles. The van der Waals surface area contributed by atoms with E-state index in [1.165, 1.54) is 12.8 Å². The van der Waals surface area contributed by atoms with Gasteiger partial charge in [-0.15, -0.1) is 0 Å². The van der Waals surface area contributed by atoms with Crippen molar-refractivity contribution in [2.24, 2.45) is 11.8 Å². The first-order valence-electron chi connectivity index (χ1n) is 10.2. The number of amides is 2. The molecule has 142 valence electrons. The molecule has 5 heteroatoms. The molecule has 2 unspecified atom stereocenters. The third-order valence-electron chi connectivity index (χ3n) is 6.32. The lowest BCUT2D eigenvalue weighted by atomic mass is 9.83. The molecule has 5 nitrogen and oxygen atoms in total. The predicted molar refractivity (Wildman–Crippen MR) is 101 cm³/mol. The number of fused-ring (bicyclic) bond motifs is 2. The number of rotatable bonds is 3. The minimum absolute atomic E-state index is 0.0576. The Labute approximate surface area is 160 Å². The normalized spacial score (nSPS) is 32.6. The van der Waals surface area contributed by atoms with Crippen molar-refractivity contribution >= 4 is 11.8 Å². The maximum absolute atomic E-state index is 13.4. The molecule has 1 spiro atoms. The van der Waals surface area contributed by atoms with E-state index in [1.807, 2.05) is 34.2 Å². The zero-order valence-electron chi connectivity index (χ0n) is 15.6. The topological polar surface area (TPSA) is 49.9 Å². The Kier molecular flexibility index (Phi) is 4.08. The zero-order chi connectivity index (χ0) is 18.4. The van der Waals surface area contributed by atoms with Crippen LogP contribution in [0.5, 0.6) is 0 Å². The highest BCUT2D eigenvalue weighted by Gasteiger charge is 2.56. The van der Waals surface area contributed by atoms with Crippen LogP contribution in [0.25, 0.3) is 0 Å². The molecule has 0 radical (unpaired) electrons. The van der Waals surface area contributed by atoms with Gasteiger partial charge in [0.1, 0.15) is 0 Å². The maximum atomic E-state index is 13.4.